The van der Waals surface area contributed by atoms with Gasteiger partial charge in [-0.1, -0.05) is 24.3 Å². The zero-order valence-electron chi connectivity index (χ0n) is 23.7. The molecule has 42 heavy (non-hydrogen) atoms. The van der Waals surface area contributed by atoms with Crippen molar-refractivity contribution in [1.82, 2.24) is 34.0 Å². The van der Waals surface area contributed by atoms with Crippen molar-refractivity contribution in [3.8, 4) is 16.8 Å². The molecule has 1 aliphatic heterocycles. The molecule has 0 bridgehead atoms. The molecular weight excluding hydrogens is 537 g/mol. The maximum atomic E-state index is 13.4. The van der Waals surface area contributed by atoms with Crippen LogP contribution in [-0.2, 0) is 19.6 Å². The fourth-order valence-corrected chi connectivity index (χ4v) is 5.49. The average Bonchev–Trinajstić information content (AvgIpc) is 3.60. The molecule has 0 aliphatic carbocycles. The minimum absolute atomic E-state index is 0.153. The molecule has 0 spiro atoms. The van der Waals surface area contributed by atoms with Crippen LogP contribution in [0.2, 0.25) is 0 Å². The third-order valence-corrected chi connectivity index (χ3v) is 7.75. The van der Waals surface area contributed by atoms with Crippen molar-refractivity contribution in [2.45, 2.75) is 57.5 Å². The van der Waals surface area contributed by atoms with E-state index in [0.29, 0.717) is 50.1 Å². The van der Waals surface area contributed by atoms with Gasteiger partial charge in [-0.25, -0.2) is 14.1 Å². The number of aromatic nitrogens is 6. The predicted octanol–water partition coefficient (Wildman–Crippen LogP) is 3.38. The van der Waals surface area contributed by atoms with Gasteiger partial charge in [-0.15, -0.1) is 0 Å². The van der Waals surface area contributed by atoms with Crippen LogP contribution in [-0.4, -0.2) is 68.5 Å². The Morgan fingerprint density at radius 3 is 2.38 bits per heavy atom. The molecule has 1 fully saturated rings. The number of likely N-dealkylation sites (tertiary alicyclic amines) is 1. The lowest BCUT2D eigenvalue weighted by atomic mass is 9.91. The first-order valence-corrected chi connectivity index (χ1v) is 14.0. The lowest BCUT2D eigenvalue weighted by molar-refractivity contribution is -0.0364. The van der Waals surface area contributed by atoms with Crippen molar-refractivity contribution in [3.05, 3.63) is 95.2 Å². The Morgan fingerprint density at radius 2 is 1.69 bits per heavy atom. The molecule has 4 heterocycles. The molecule has 0 amide bonds. The minimum Gasteiger partial charge on any atom is -0.389 e. The van der Waals surface area contributed by atoms with Gasteiger partial charge in [0, 0.05) is 31.4 Å². The van der Waals surface area contributed by atoms with E-state index < -0.39 is 11.2 Å². The van der Waals surface area contributed by atoms with Gasteiger partial charge in [0.25, 0.3) is 5.56 Å². The van der Waals surface area contributed by atoms with E-state index in [1.165, 1.54) is 29.2 Å². The number of halogens is 1. The van der Waals surface area contributed by atoms with E-state index in [9.17, 15) is 19.4 Å². The van der Waals surface area contributed by atoms with Gasteiger partial charge in [0.15, 0.2) is 5.65 Å². The van der Waals surface area contributed by atoms with E-state index in [0.717, 1.165) is 22.4 Å². The van der Waals surface area contributed by atoms with Crippen LogP contribution in [0.1, 0.15) is 32.3 Å². The number of rotatable bonds is 8. The van der Waals surface area contributed by atoms with Gasteiger partial charge in [-0.05, 0) is 62.1 Å². The summed E-state index contributed by atoms with van der Waals surface area (Å²) >= 11 is 0. The minimum atomic E-state index is -1.02. The Labute approximate surface area is 242 Å². The first-order chi connectivity index (χ1) is 20.1. The number of benzene rings is 2. The third kappa shape index (κ3) is 6.03. The van der Waals surface area contributed by atoms with E-state index in [4.69, 9.17) is 0 Å². The molecule has 0 unspecified atom stereocenters. The summed E-state index contributed by atoms with van der Waals surface area (Å²) in [6.45, 7) is 6.06. The second kappa shape index (κ2) is 10.9. The second-order valence-corrected chi connectivity index (χ2v) is 11.9. The molecule has 3 aromatic heterocycles. The maximum Gasteiger partial charge on any atom is 0.264 e. The number of nitrogens with zero attached hydrogens (tertiary/aromatic N) is 7. The van der Waals surface area contributed by atoms with Crippen LogP contribution >= 0.6 is 0 Å². The summed E-state index contributed by atoms with van der Waals surface area (Å²) < 4.78 is 18.0. The van der Waals surface area contributed by atoms with Crippen LogP contribution in [0, 0.1) is 5.82 Å². The first-order valence-electron chi connectivity index (χ1n) is 14.0. The van der Waals surface area contributed by atoms with E-state index in [-0.39, 0.29) is 17.9 Å². The Kier molecular flexibility index (Phi) is 7.25. The van der Waals surface area contributed by atoms with E-state index in [1.54, 1.807) is 41.5 Å². The summed E-state index contributed by atoms with van der Waals surface area (Å²) in [6, 6.07) is 14.2. The summed E-state index contributed by atoms with van der Waals surface area (Å²) in [5.41, 5.74) is 1.99. The molecular formula is C31H34FN7O3. The zero-order chi connectivity index (χ0) is 29.5. The van der Waals surface area contributed by atoms with Crippen molar-refractivity contribution < 1.29 is 14.6 Å². The van der Waals surface area contributed by atoms with Gasteiger partial charge in [-0.2, -0.15) is 10.2 Å². The van der Waals surface area contributed by atoms with Gasteiger partial charge >= 0.3 is 0 Å². The summed E-state index contributed by atoms with van der Waals surface area (Å²) in [6.07, 6.45) is 7.69. The number of fused-ring (bicyclic) bond motifs is 1. The standard InChI is InChI=1S/C31H34FN7O3/c1-30(2,41)19-38-18-24(15-34-38)23-5-9-26(10-6-23)39-28-27(16-35-39)29(40)37(21-33-28)20-31(42)11-13-36(14-12-31)17-22-3-7-25(32)8-4-22/h3-10,15-16,18,21,41-42H,11-14,17,19-20H2,1-2H3. The molecule has 6 rings (SSSR count). The highest BCUT2D eigenvalue weighted by atomic mass is 19.1. The Morgan fingerprint density at radius 1 is 0.976 bits per heavy atom. The number of piperidine rings is 1. The molecule has 0 radical (unpaired) electrons. The smallest absolute Gasteiger partial charge is 0.264 e. The summed E-state index contributed by atoms with van der Waals surface area (Å²) in [7, 11) is 0. The molecule has 2 aromatic carbocycles. The molecule has 10 nitrogen and oxygen atoms in total. The molecule has 1 aliphatic rings. The Bertz CT molecular complexity index is 1740. The topological polar surface area (TPSA) is 114 Å². The number of hydrogen-bond acceptors (Lipinski definition) is 7. The van der Waals surface area contributed by atoms with Gasteiger partial charge in [-0.3, -0.25) is 18.9 Å². The van der Waals surface area contributed by atoms with Gasteiger partial charge < -0.3 is 10.2 Å². The van der Waals surface area contributed by atoms with Gasteiger partial charge in [0.2, 0.25) is 0 Å². The molecule has 5 aromatic rings. The van der Waals surface area contributed by atoms with E-state index in [2.05, 4.69) is 20.1 Å². The zero-order valence-corrected chi connectivity index (χ0v) is 23.7. The van der Waals surface area contributed by atoms with Crippen LogP contribution in [0.5, 0.6) is 0 Å². The van der Waals surface area contributed by atoms with Crippen molar-refractivity contribution in [3.63, 3.8) is 0 Å². The van der Waals surface area contributed by atoms with Crippen molar-refractivity contribution >= 4 is 11.0 Å². The lowest BCUT2D eigenvalue weighted by Gasteiger charge is -2.38. The fraction of sp³-hybridized carbons (Fsp3) is 0.355. The molecule has 2 N–H and O–H groups in total. The largest absolute Gasteiger partial charge is 0.389 e. The Balaban J connectivity index is 1.14. The molecule has 218 valence electrons. The average molecular weight is 572 g/mol. The van der Waals surface area contributed by atoms with Gasteiger partial charge in [0.05, 0.1) is 42.4 Å². The summed E-state index contributed by atoms with van der Waals surface area (Å²) in [5, 5.41) is 30.5. The third-order valence-electron chi connectivity index (χ3n) is 7.75. The highest BCUT2D eigenvalue weighted by molar-refractivity contribution is 5.75. The van der Waals surface area contributed by atoms with E-state index in [1.807, 2.05) is 30.5 Å². The van der Waals surface area contributed by atoms with Crippen LogP contribution in [0.15, 0.2) is 78.2 Å². The maximum absolute atomic E-state index is 13.4. The molecule has 11 heteroatoms. The Hall–Kier alpha value is -4.19. The fourth-order valence-electron chi connectivity index (χ4n) is 5.49. The molecule has 0 atom stereocenters. The molecule has 1 saturated heterocycles. The summed E-state index contributed by atoms with van der Waals surface area (Å²) in [4.78, 5) is 20.1. The lowest BCUT2D eigenvalue weighted by Crippen LogP contribution is -2.47. The van der Waals surface area contributed by atoms with Crippen LogP contribution < -0.4 is 5.56 Å². The predicted molar refractivity (Wildman–Crippen MR) is 157 cm³/mol. The van der Waals surface area contributed by atoms with Crippen molar-refractivity contribution in [2.24, 2.45) is 0 Å². The molecule has 0 saturated carbocycles. The highest BCUT2D eigenvalue weighted by Gasteiger charge is 2.33. The van der Waals surface area contributed by atoms with Crippen molar-refractivity contribution in [2.75, 3.05) is 13.1 Å². The number of aliphatic hydroxyl groups is 2. The highest BCUT2D eigenvalue weighted by Crippen LogP contribution is 2.26. The van der Waals surface area contributed by atoms with Crippen LogP contribution in [0.25, 0.3) is 27.8 Å². The monoisotopic (exact) mass is 571 g/mol. The normalized spacial score (nSPS) is 15.8. The second-order valence-electron chi connectivity index (χ2n) is 11.9. The number of hydrogen-bond donors (Lipinski definition) is 2. The van der Waals surface area contributed by atoms with Gasteiger partial charge in [0.1, 0.15) is 17.5 Å². The quantitative estimate of drug-likeness (QED) is 0.294. The first kappa shape index (κ1) is 28.0. The van der Waals surface area contributed by atoms with Crippen LogP contribution in [0.4, 0.5) is 4.39 Å². The summed E-state index contributed by atoms with van der Waals surface area (Å²) in [5.74, 6) is -0.254. The van der Waals surface area contributed by atoms with E-state index >= 15 is 0 Å². The van der Waals surface area contributed by atoms with Crippen LogP contribution in [0.3, 0.4) is 0 Å². The SMILES string of the molecule is CC(C)(O)Cn1cc(-c2ccc(-n3ncc4c(=O)n(CC5(O)CCN(Cc6ccc(F)cc6)CC5)cnc43)cc2)cn1. The van der Waals surface area contributed by atoms with Crippen molar-refractivity contribution in [1.29, 1.82) is 0 Å².